The highest BCUT2D eigenvalue weighted by molar-refractivity contribution is 9.10. The Morgan fingerprint density at radius 1 is 1.43 bits per heavy atom. The van der Waals surface area contributed by atoms with Gasteiger partial charge in [-0.2, -0.15) is 0 Å². The van der Waals surface area contributed by atoms with E-state index in [0.29, 0.717) is 4.47 Å². The quantitative estimate of drug-likeness (QED) is 0.858. The van der Waals surface area contributed by atoms with Crippen molar-refractivity contribution >= 4 is 28.0 Å². The number of alkyl carbamates (subject to hydrolysis) is 1. The molecule has 1 amide bonds. The van der Waals surface area contributed by atoms with E-state index in [2.05, 4.69) is 21.2 Å². The number of benzene rings is 1. The van der Waals surface area contributed by atoms with Crippen LogP contribution in [0.25, 0.3) is 0 Å². The molecular weight excluding hydrogens is 345 g/mol. The summed E-state index contributed by atoms with van der Waals surface area (Å²) in [6, 6.07) is 3.19. The van der Waals surface area contributed by atoms with Crippen LogP contribution >= 0.6 is 15.9 Å². The number of carbonyl (C=O) groups is 2. The Labute approximate surface area is 130 Å². The van der Waals surface area contributed by atoms with E-state index in [4.69, 9.17) is 9.84 Å². The van der Waals surface area contributed by atoms with E-state index < -0.39 is 35.9 Å². The average molecular weight is 362 g/mol. The van der Waals surface area contributed by atoms with Crippen molar-refractivity contribution in [3.63, 3.8) is 0 Å². The highest BCUT2D eigenvalue weighted by Crippen LogP contribution is 2.24. The summed E-state index contributed by atoms with van der Waals surface area (Å²) in [6.45, 7) is 5.04. The molecule has 0 aliphatic rings. The van der Waals surface area contributed by atoms with Gasteiger partial charge in [0.1, 0.15) is 11.4 Å². The highest BCUT2D eigenvalue weighted by Gasteiger charge is 2.24. The van der Waals surface area contributed by atoms with Gasteiger partial charge in [0.25, 0.3) is 0 Å². The van der Waals surface area contributed by atoms with Crippen LogP contribution in [-0.2, 0) is 9.53 Å². The number of carbonyl (C=O) groups excluding carboxylic acids is 1. The van der Waals surface area contributed by atoms with Gasteiger partial charge < -0.3 is 15.2 Å². The second-order valence-corrected chi connectivity index (χ2v) is 6.38. The molecule has 0 unspecified atom stereocenters. The van der Waals surface area contributed by atoms with Crippen molar-refractivity contribution in [2.24, 2.45) is 0 Å². The van der Waals surface area contributed by atoms with E-state index >= 15 is 0 Å². The van der Waals surface area contributed by atoms with Gasteiger partial charge in [-0.1, -0.05) is 22.0 Å². The third-order valence-corrected chi connectivity index (χ3v) is 2.90. The molecule has 0 radical (unpaired) electrons. The number of hydrogen-bond acceptors (Lipinski definition) is 3. The van der Waals surface area contributed by atoms with Gasteiger partial charge in [-0.25, -0.2) is 9.18 Å². The standard InChI is InChI=1S/C14H17BrFNO4/c1-14(2,3)21-13(20)17-11(7-12(18)19)9-5-4-8(15)6-10(9)16/h4-6,11H,7H2,1-3H3,(H,17,20)(H,18,19)/t11-/m1/s1. The Balaban J connectivity index is 2.95. The van der Waals surface area contributed by atoms with Gasteiger partial charge in [0.05, 0.1) is 12.5 Å². The van der Waals surface area contributed by atoms with Crippen LogP contribution in [0.2, 0.25) is 0 Å². The number of rotatable bonds is 4. The summed E-state index contributed by atoms with van der Waals surface area (Å²) in [7, 11) is 0. The van der Waals surface area contributed by atoms with E-state index in [1.54, 1.807) is 26.8 Å². The van der Waals surface area contributed by atoms with Gasteiger partial charge >= 0.3 is 12.1 Å². The van der Waals surface area contributed by atoms with E-state index in [1.165, 1.54) is 12.1 Å². The summed E-state index contributed by atoms with van der Waals surface area (Å²) in [5.74, 6) is -1.76. The van der Waals surface area contributed by atoms with Crippen molar-refractivity contribution in [2.45, 2.75) is 38.8 Å². The summed E-state index contributed by atoms with van der Waals surface area (Å²) >= 11 is 3.12. The van der Waals surface area contributed by atoms with Crippen molar-refractivity contribution in [1.29, 1.82) is 0 Å². The number of hydrogen-bond donors (Lipinski definition) is 2. The third kappa shape index (κ3) is 6.12. The molecule has 5 nitrogen and oxygen atoms in total. The molecule has 0 spiro atoms. The maximum Gasteiger partial charge on any atom is 0.408 e. The first-order chi connectivity index (χ1) is 9.58. The number of carboxylic acid groups (broad SMARTS) is 1. The molecule has 0 heterocycles. The summed E-state index contributed by atoms with van der Waals surface area (Å²) in [5, 5.41) is 11.3. The molecule has 7 heteroatoms. The predicted molar refractivity (Wildman–Crippen MR) is 78.5 cm³/mol. The minimum absolute atomic E-state index is 0.0893. The van der Waals surface area contributed by atoms with Crippen LogP contribution in [0.1, 0.15) is 38.8 Å². The predicted octanol–water partition coefficient (Wildman–Crippen LogP) is 3.63. The normalized spacial score (nSPS) is 12.6. The zero-order valence-corrected chi connectivity index (χ0v) is 13.5. The fourth-order valence-electron chi connectivity index (χ4n) is 1.65. The lowest BCUT2D eigenvalue weighted by atomic mass is 10.0. The number of ether oxygens (including phenoxy) is 1. The molecule has 0 aliphatic heterocycles. The molecule has 0 saturated heterocycles. The van der Waals surface area contributed by atoms with Gasteiger partial charge in [0, 0.05) is 10.0 Å². The monoisotopic (exact) mass is 361 g/mol. The van der Waals surface area contributed by atoms with Crippen molar-refractivity contribution in [1.82, 2.24) is 5.32 Å². The van der Waals surface area contributed by atoms with Crippen LogP contribution in [-0.4, -0.2) is 22.8 Å². The summed E-state index contributed by atoms with van der Waals surface area (Å²) in [4.78, 5) is 22.6. The largest absolute Gasteiger partial charge is 0.481 e. The lowest BCUT2D eigenvalue weighted by molar-refractivity contribution is -0.137. The molecule has 0 aromatic heterocycles. The molecule has 0 bridgehead atoms. The lowest BCUT2D eigenvalue weighted by Crippen LogP contribution is -2.36. The topological polar surface area (TPSA) is 75.6 Å². The molecule has 2 N–H and O–H groups in total. The van der Waals surface area contributed by atoms with E-state index in [1.807, 2.05) is 0 Å². The SMILES string of the molecule is CC(C)(C)OC(=O)N[C@H](CC(=O)O)c1ccc(Br)cc1F. The maximum atomic E-state index is 13.9. The van der Waals surface area contributed by atoms with Crippen molar-refractivity contribution in [2.75, 3.05) is 0 Å². The van der Waals surface area contributed by atoms with Gasteiger partial charge in [-0.15, -0.1) is 0 Å². The number of halogens is 2. The molecule has 1 rings (SSSR count). The second-order valence-electron chi connectivity index (χ2n) is 5.46. The minimum atomic E-state index is -1.15. The van der Waals surface area contributed by atoms with Gasteiger partial charge in [0.15, 0.2) is 0 Å². The Bertz CT molecular complexity index is 542. The maximum absolute atomic E-state index is 13.9. The zero-order chi connectivity index (χ0) is 16.2. The van der Waals surface area contributed by atoms with Crippen molar-refractivity contribution in [3.8, 4) is 0 Å². The molecule has 0 saturated carbocycles. The Morgan fingerprint density at radius 3 is 2.52 bits per heavy atom. The number of aliphatic carboxylic acids is 1. The number of nitrogens with one attached hydrogen (secondary N) is 1. The lowest BCUT2D eigenvalue weighted by Gasteiger charge is -2.23. The molecule has 116 valence electrons. The average Bonchev–Trinajstić information content (AvgIpc) is 2.24. The van der Waals surface area contributed by atoms with Crippen LogP contribution in [0.5, 0.6) is 0 Å². The van der Waals surface area contributed by atoms with E-state index in [-0.39, 0.29) is 5.56 Å². The Morgan fingerprint density at radius 2 is 2.05 bits per heavy atom. The van der Waals surface area contributed by atoms with Crippen LogP contribution < -0.4 is 5.32 Å². The number of amides is 1. The first kappa shape index (κ1) is 17.4. The molecule has 1 atom stereocenters. The Kier molecular flexibility index (Phi) is 5.71. The van der Waals surface area contributed by atoms with Crippen LogP contribution in [0.4, 0.5) is 9.18 Å². The number of carboxylic acids is 1. The van der Waals surface area contributed by atoms with Gasteiger partial charge in [0.2, 0.25) is 0 Å². The summed E-state index contributed by atoms with van der Waals surface area (Å²) in [5.41, 5.74) is -0.637. The first-order valence-corrected chi connectivity index (χ1v) is 7.04. The molecule has 0 fully saturated rings. The molecule has 0 aliphatic carbocycles. The summed E-state index contributed by atoms with van der Waals surface area (Å²) in [6.07, 6.45) is -1.24. The van der Waals surface area contributed by atoms with Crippen LogP contribution in [0, 0.1) is 5.82 Å². The smallest absolute Gasteiger partial charge is 0.408 e. The molecule has 1 aromatic carbocycles. The first-order valence-electron chi connectivity index (χ1n) is 6.25. The molecular formula is C14H17BrFNO4. The van der Waals surface area contributed by atoms with Gasteiger partial charge in [-0.3, -0.25) is 4.79 Å². The fraction of sp³-hybridized carbons (Fsp3) is 0.429. The van der Waals surface area contributed by atoms with E-state index in [0.717, 1.165) is 0 Å². The van der Waals surface area contributed by atoms with Crippen LogP contribution in [0.3, 0.4) is 0 Å². The zero-order valence-electron chi connectivity index (χ0n) is 11.9. The van der Waals surface area contributed by atoms with Crippen molar-refractivity contribution < 1.29 is 23.8 Å². The molecule has 1 aromatic rings. The van der Waals surface area contributed by atoms with Gasteiger partial charge in [-0.05, 0) is 32.9 Å². The Hall–Kier alpha value is -1.63. The molecule has 21 heavy (non-hydrogen) atoms. The van der Waals surface area contributed by atoms with Crippen molar-refractivity contribution in [3.05, 3.63) is 34.1 Å². The highest BCUT2D eigenvalue weighted by atomic mass is 79.9. The fourth-order valence-corrected chi connectivity index (χ4v) is 1.98. The summed E-state index contributed by atoms with van der Waals surface area (Å²) < 4.78 is 19.5. The minimum Gasteiger partial charge on any atom is -0.481 e. The van der Waals surface area contributed by atoms with E-state index in [9.17, 15) is 14.0 Å². The van der Waals surface area contributed by atoms with Crippen LogP contribution in [0.15, 0.2) is 22.7 Å². The third-order valence-electron chi connectivity index (χ3n) is 2.41. The second kappa shape index (κ2) is 6.89.